The summed E-state index contributed by atoms with van der Waals surface area (Å²) in [6.45, 7) is 5.36. The molecule has 1 aromatic rings. The molecule has 138 valence electrons. The fourth-order valence-corrected chi connectivity index (χ4v) is 4.89. The van der Waals surface area contributed by atoms with Gasteiger partial charge in [0.05, 0.1) is 11.5 Å². The zero-order chi connectivity index (χ0) is 18.2. The van der Waals surface area contributed by atoms with Gasteiger partial charge in [-0.25, -0.2) is 13.2 Å². The van der Waals surface area contributed by atoms with Gasteiger partial charge in [0.1, 0.15) is 5.75 Å². The molecule has 2 aliphatic rings. The lowest BCUT2D eigenvalue weighted by molar-refractivity contribution is -0.150. The van der Waals surface area contributed by atoms with Crippen molar-refractivity contribution in [2.75, 3.05) is 26.2 Å². The van der Waals surface area contributed by atoms with Gasteiger partial charge in [0.25, 0.3) is 0 Å². The van der Waals surface area contributed by atoms with Gasteiger partial charge in [-0.3, -0.25) is 0 Å². The molecule has 2 heterocycles. The number of carbonyl (C=O) groups is 1. The van der Waals surface area contributed by atoms with Gasteiger partial charge in [-0.15, -0.1) is 0 Å². The predicted octanol–water partition coefficient (Wildman–Crippen LogP) is 0.913. The zero-order valence-corrected chi connectivity index (χ0v) is 15.3. The molecule has 0 aliphatic carbocycles. The molecule has 0 bridgehead atoms. The highest BCUT2D eigenvalue weighted by Crippen LogP contribution is 2.35. The van der Waals surface area contributed by atoms with Crippen LogP contribution in [0.25, 0.3) is 0 Å². The summed E-state index contributed by atoms with van der Waals surface area (Å²) in [5, 5.41) is 0. The lowest BCUT2D eigenvalue weighted by Gasteiger charge is -2.22. The van der Waals surface area contributed by atoms with Gasteiger partial charge in [0.15, 0.2) is 6.10 Å². The molecule has 25 heavy (non-hydrogen) atoms. The van der Waals surface area contributed by atoms with Crippen LogP contribution in [0.1, 0.15) is 25.8 Å². The first kappa shape index (κ1) is 18.2. The van der Waals surface area contributed by atoms with Crippen molar-refractivity contribution in [2.45, 2.75) is 37.7 Å². The molecule has 0 spiro atoms. The molecule has 0 saturated carbocycles. The van der Waals surface area contributed by atoms with Crippen molar-refractivity contribution >= 4 is 16.0 Å². The second kappa shape index (κ2) is 6.59. The van der Waals surface area contributed by atoms with Gasteiger partial charge >= 0.3 is 5.97 Å². The number of carbonyl (C=O) groups excluding carboxylic acids is 1. The maximum absolute atomic E-state index is 12.9. The minimum absolute atomic E-state index is 0.179. The quantitative estimate of drug-likeness (QED) is 0.776. The Labute approximate surface area is 148 Å². The Hall–Kier alpha value is -1.64. The van der Waals surface area contributed by atoms with Crippen molar-refractivity contribution in [2.24, 2.45) is 11.1 Å². The molecule has 2 unspecified atom stereocenters. The Morgan fingerprint density at radius 1 is 1.48 bits per heavy atom. The molecule has 0 amide bonds. The van der Waals surface area contributed by atoms with Crippen LogP contribution in [0.5, 0.6) is 5.75 Å². The van der Waals surface area contributed by atoms with Crippen LogP contribution in [-0.2, 0) is 26.0 Å². The van der Waals surface area contributed by atoms with E-state index in [-0.39, 0.29) is 16.9 Å². The lowest BCUT2D eigenvalue weighted by atomic mass is 9.90. The molecule has 0 aromatic heterocycles. The number of rotatable bonds is 5. The molecular weight excluding hydrogens is 344 g/mol. The molecular formula is C17H24N2O5S. The van der Waals surface area contributed by atoms with E-state index < -0.39 is 22.1 Å². The van der Waals surface area contributed by atoms with Crippen LogP contribution >= 0.6 is 0 Å². The van der Waals surface area contributed by atoms with Crippen molar-refractivity contribution in [3.05, 3.63) is 23.8 Å². The van der Waals surface area contributed by atoms with E-state index in [1.807, 2.05) is 6.92 Å². The topological polar surface area (TPSA) is 98.9 Å². The third-order valence-corrected chi connectivity index (χ3v) is 6.75. The highest BCUT2D eigenvalue weighted by molar-refractivity contribution is 7.89. The predicted molar refractivity (Wildman–Crippen MR) is 91.7 cm³/mol. The number of hydrogen-bond acceptors (Lipinski definition) is 6. The number of fused-ring (bicyclic) bond motifs is 1. The van der Waals surface area contributed by atoms with E-state index in [2.05, 4.69) is 0 Å². The smallest absolute Gasteiger partial charge is 0.347 e. The van der Waals surface area contributed by atoms with Gasteiger partial charge in [0.2, 0.25) is 10.0 Å². The minimum atomic E-state index is -3.58. The van der Waals surface area contributed by atoms with E-state index in [0.29, 0.717) is 37.4 Å². The fourth-order valence-electron chi connectivity index (χ4n) is 3.25. The van der Waals surface area contributed by atoms with E-state index in [1.165, 1.54) is 10.4 Å². The number of esters is 1. The number of benzene rings is 1. The maximum atomic E-state index is 12.9. The minimum Gasteiger partial charge on any atom is -0.478 e. The summed E-state index contributed by atoms with van der Waals surface area (Å²) in [7, 11) is -3.58. The van der Waals surface area contributed by atoms with Crippen molar-refractivity contribution in [3.8, 4) is 5.75 Å². The van der Waals surface area contributed by atoms with Crippen molar-refractivity contribution in [1.82, 2.24) is 4.31 Å². The number of nitrogens with zero attached hydrogens (tertiary/aromatic N) is 1. The molecule has 1 fully saturated rings. The van der Waals surface area contributed by atoms with E-state index in [9.17, 15) is 13.2 Å². The van der Waals surface area contributed by atoms with Gasteiger partial charge in [0, 0.05) is 19.5 Å². The van der Waals surface area contributed by atoms with Crippen LogP contribution in [0.2, 0.25) is 0 Å². The molecule has 7 nitrogen and oxygen atoms in total. The number of sulfonamides is 1. The Morgan fingerprint density at radius 3 is 2.88 bits per heavy atom. The molecule has 0 radical (unpaired) electrons. The third-order valence-electron chi connectivity index (χ3n) is 4.91. The van der Waals surface area contributed by atoms with Gasteiger partial charge in [-0.05, 0) is 49.1 Å². The first-order valence-electron chi connectivity index (χ1n) is 8.45. The molecule has 3 rings (SSSR count). The zero-order valence-electron chi connectivity index (χ0n) is 14.5. The standard InChI is InChI=1S/C17H24N2O5S/c1-3-23-16(20)15-9-12-8-13(4-5-14(12)24-15)25(21,22)19-7-6-17(2,10-18)11-19/h4-5,8,15H,3,6-7,9-11,18H2,1-2H3. The van der Waals surface area contributed by atoms with Crippen LogP contribution in [0.15, 0.2) is 23.1 Å². The van der Waals surface area contributed by atoms with Crippen LogP contribution in [0.3, 0.4) is 0 Å². The Balaban J connectivity index is 1.80. The Morgan fingerprint density at radius 2 is 2.24 bits per heavy atom. The van der Waals surface area contributed by atoms with Crippen molar-refractivity contribution < 1.29 is 22.7 Å². The second-order valence-corrected chi connectivity index (χ2v) is 8.87. The van der Waals surface area contributed by atoms with E-state index >= 15 is 0 Å². The summed E-state index contributed by atoms with van der Waals surface area (Å²) in [6.07, 6.45) is 0.361. The molecule has 2 atom stereocenters. The summed E-state index contributed by atoms with van der Waals surface area (Å²) in [5.41, 5.74) is 6.30. The van der Waals surface area contributed by atoms with Crippen LogP contribution < -0.4 is 10.5 Å². The van der Waals surface area contributed by atoms with Crippen LogP contribution in [0.4, 0.5) is 0 Å². The fraction of sp³-hybridized carbons (Fsp3) is 0.588. The van der Waals surface area contributed by atoms with Gasteiger partial charge < -0.3 is 15.2 Å². The van der Waals surface area contributed by atoms with Crippen LogP contribution in [-0.4, -0.2) is 51.0 Å². The monoisotopic (exact) mass is 368 g/mol. The first-order chi connectivity index (χ1) is 11.8. The first-order valence-corrected chi connectivity index (χ1v) is 9.89. The average molecular weight is 368 g/mol. The van der Waals surface area contributed by atoms with E-state index in [1.54, 1.807) is 19.1 Å². The summed E-state index contributed by atoms with van der Waals surface area (Å²) >= 11 is 0. The molecule has 1 saturated heterocycles. The SMILES string of the molecule is CCOC(=O)C1Cc2cc(S(=O)(=O)N3CCC(C)(CN)C3)ccc2O1. The maximum Gasteiger partial charge on any atom is 0.347 e. The second-order valence-electron chi connectivity index (χ2n) is 6.94. The van der Waals surface area contributed by atoms with E-state index in [0.717, 1.165) is 6.42 Å². The Kier molecular flexibility index (Phi) is 4.78. The highest BCUT2D eigenvalue weighted by Gasteiger charge is 2.39. The lowest BCUT2D eigenvalue weighted by Crippen LogP contribution is -2.34. The normalized spacial score (nSPS) is 26.3. The largest absolute Gasteiger partial charge is 0.478 e. The molecule has 8 heteroatoms. The van der Waals surface area contributed by atoms with Crippen molar-refractivity contribution in [1.29, 1.82) is 0 Å². The molecule has 1 aromatic carbocycles. The van der Waals surface area contributed by atoms with E-state index in [4.69, 9.17) is 15.2 Å². The molecule has 2 aliphatic heterocycles. The van der Waals surface area contributed by atoms with Gasteiger partial charge in [-0.2, -0.15) is 4.31 Å². The summed E-state index contributed by atoms with van der Waals surface area (Å²) in [6, 6.07) is 4.74. The summed E-state index contributed by atoms with van der Waals surface area (Å²) in [4.78, 5) is 12.0. The number of hydrogen-bond donors (Lipinski definition) is 1. The number of nitrogens with two attached hydrogens (primary N) is 1. The van der Waals surface area contributed by atoms with Crippen LogP contribution in [0, 0.1) is 5.41 Å². The third kappa shape index (κ3) is 3.38. The molecule has 2 N–H and O–H groups in total. The number of ether oxygens (including phenoxy) is 2. The highest BCUT2D eigenvalue weighted by atomic mass is 32.2. The average Bonchev–Trinajstić information content (AvgIpc) is 3.19. The summed E-state index contributed by atoms with van der Waals surface area (Å²) in [5.74, 6) is 0.103. The van der Waals surface area contributed by atoms with Crippen molar-refractivity contribution in [3.63, 3.8) is 0 Å². The Bertz CT molecular complexity index is 779. The summed E-state index contributed by atoms with van der Waals surface area (Å²) < 4.78 is 37.8. The van der Waals surface area contributed by atoms with Gasteiger partial charge in [-0.1, -0.05) is 6.92 Å².